The molecule has 0 spiro atoms. The highest BCUT2D eigenvalue weighted by atomic mass is 35.5. The molecule has 0 saturated carbocycles. The van der Waals surface area contributed by atoms with E-state index >= 15 is 0 Å². The van der Waals surface area contributed by atoms with Gasteiger partial charge in [-0.15, -0.1) is 12.4 Å². The van der Waals surface area contributed by atoms with Crippen molar-refractivity contribution >= 4 is 57.1 Å². The summed E-state index contributed by atoms with van der Waals surface area (Å²) in [6.07, 6.45) is 4.33. The molecule has 3 aromatic carbocycles. The quantitative estimate of drug-likeness (QED) is 0.175. The molecule has 11 nitrogen and oxygen atoms in total. The summed E-state index contributed by atoms with van der Waals surface area (Å²) >= 11 is 0. The first kappa shape index (κ1) is 35.1. The molecule has 0 unspecified atom stereocenters. The Morgan fingerprint density at radius 1 is 0.957 bits per heavy atom. The van der Waals surface area contributed by atoms with E-state index in [4.69, 9.17) is 4.74 Å². The van der Waals surface area contributed by atoms with Crippen molar-refractivity contribution in [2.75, 3.05) is 39.6 Å². The molecule has 4 aromatic rings. The van der Waals surface area contributed by atoms with Gasteiger partial charge in [-0.3, -0.25) is 19.3 Å². The number of hydrogen-bond acceptors (Lipinski definition) is 7. The van der Waals surface area contributed by atoms with E-state index < -0.39 is 21.7 Å². The molecule has 1 saturated heterocycles. The van der Waals surface area contributed by atoms with Crippen molar-refractivity contribution in [3.63, 3.8) is 0 Å². The van der Waals surface area contributed by atoms with Crippen LogP contribution in [0.25, 0.3) is 0 Å². The second kappa shape index (κ2) is 15.7. The van der Waals surface area contributed by atoms with Crippen molar-refractivity contribution in [3.8, 4) is 11.6 Å². The highest BCUT2D eigenvalue weighted by Crippen LogP contribution is 2.27. The number of para-hydroxylation sites is 1. The van der Waals surface area contributed by atoms with E-state index in [1.807, 2.05) is 36.4 Å². The van der Waals surface area contributed by atoms with E-state index in [1.165, 1.54) is 25.1 Å². The number of amides is 3. The van der Waals surface area contributed by atoms with E-state index in [0.29, 0.717) is 29.5 Å². The fourth-order valence-corrected chi connectivity index (χ4v) is 5.80. The van der Waals surface area contributed by atoms with E-state index in [0.717, 1.165) is 43.4 Å². The second-order valence-electron chi connectivity index (χ2n) is 11.0. The number of rotatable bonds is 10. The lowest BCUT2D eigenvalue weighted by Crippen LogP contribution is -2.49. The van der Waals surface area contributed by atoms with Crippen molar-refractivity contribution in [2.24, 2.45) is 0 Å². The number of urea groups is 1. The summed E-state index contributed by atoms with van der Waals surface area (Å²) in [6.45, 7) is 3.50. The molecule has 0 aliphatic carbocycles. The van der Waals surface area contributed by atoms with Crippen LogP contribution in [0.3, 0.4) is 0 Å². The fraction of sp³-hybridized carbons (Fsp3) is 0.242. The number of hydrogen-bond donors (Lipinski definition) is 3. The van der Waals surface area contributed by atoms with Crippen LogP contribution in [0.4, 0.5) is 31.9 Å². The Labute approximate surface area is 279 Å². The number of nitrogens with zero attached hydrogens (tertiary/aromatic N) is 3. The first-order valence-electron chi connectivity index (χ1n) is 14.7. The molecule has 14 heteroatoms. The van der Waals surface area contributed by atoms with Gasteiger partial charge >= 0.3 is 6.03 Å². The van der Waals surface area contributed by atoms with Crippen molar-refractivity contribution < 1.29 is 27.1 Å². The first-order valence-corrected chi connectivity index (χ1v) is 16.6. The molecule has 1 aliphatic heterocycles. The third-order valence-corrected chi connectivity index (χ3v) is 7.89. The topological polar surface area (TPSA) is 133 Å². The third kappa shape index (κ3) is 10.1. The zero-order valence-electron chi connectivity index (χ0n) is 25.9. The number of pyridine rings is 1. The summed E-state index contributed by atoms with van der Waals surface area (Å²) in [6, 6.07) is 23.4. The molecule has 0 radical (unpaired) electrons. The largest absolute Gasteiger partial charge is 0.439 e. The Bertz CT molecular complexity index is 1770. The zero-order chi connectivity index (χ0) is 32.7. The molecule has 47 heavy (non-hydrogen) atoms. The molecular weight excluding hydrogens is 647 g/mol. The summed E-state index contributed by atoms with van der Waals surface area (Å²) < 4.78 is 45.2. The number of ether oxygens (including phenoxy) is 1. The van der Waals surface area contributed by atoms with Crippen LogP contribution in [-0.2, 0) is 21.4 Å². The fourth-order valence-electron chi connectivity index (χ4n) is 5.24. The molecule has 1 aliphatic rings. The SMILES string of the molecule is CC(=O)Nc1cc(NC(=O)N(c2ccccc2)C2CCN(Cc3ccc(Oc4ccc(NS(C)(=O)=O)cc4)nc3)CC2)ccc1F.Cl. The predicted molar refractivity (Wildman–Crippen MR) is 183 cm³/mol. The van der Waals surface area contributed by atoms with Crippen molar-refractivity contribution in [2.45, 2.75) is 32.4 Å². The van der Waals surface area contributed by atoms with Gasteiger partial charge in [-0.25, -0.2) is 22.6 Å². The normalized spacial score (nSPS) is 13.6. The number of aromatic nitrogens is 1. The minimum atomic E-state index is -3.36. The zero-order valence-corrected chi connectivity index (χ0v) is 27.5. The first-order chi connectivity index (χ1) is 22.0. The van der Waals surface area contributed by atoms with Gasteiger partial charge in [0.2, 0.25) is 21.8 Å². The Balaban J connectivity index is 0.00000500. The Morgan fingerprint density at radius 3 is 2.26 bits per heavy atom. The standard InChI is InChI=1S/C33H35FN6O5S.ClH/c1-23(41)36-31-20-26(11-14-30(31)34)37-33(42)40(27-6-4-3-5-7-27)28-16-18-39(19-17-28)22-24-8-15-32(35-21-24)45-29-12-9-25(10-13-29)38-46(2,43)44;/h3-15,20-21,28,38H,16-19,22H2,1-2H3,(H,36,41)(H,37,42);1H. The molecule has 248 valence electrons. The van der Waals surface area contributed by atoms with Gasteiger partial charge in [-0.1, -0.05) is 24.3 Å². The van der Waals surface area contributed by atoms with Gasteiger partial charge in [-0.2, -0.15) is 0 Å². The van der Waals surface area contributed by atoms with Crippen LogP contribution in [0.2, 0.25) is 0 Å². The third-order valence-electron chi connectivity index (χ3n) is 7.29. The minimum absolute atomic E-state index is 0. The lowest BCUT2D eigenvalue weighted by molar-refractivity contribution is -0.114. The molecular formula is C33H36ClFN6O5S. The van der Waals surface area contributed by atoms with Crippen LogP contribution in [0.5, 0.6) is 11.6 Å². The maximum Gasteiger partial charge on any atom is 0.326 e. The lowest BCUT2D eigenvalue weighted by Gasteiger charge is -2.38. The number of sulfonamides is 1. The van der Waals surface area contributed by atoms with Gasteiger partial charge in [0.15, 0.2) is 0 Å². The number of nitrogens with one attached hydrogen (secondary N) is 3. The van der Waals surface area contributed by atoms with Gasteiger partial charge in [0.05, 0.1) is 11.9 Å². The number of anilines is 4. The Morgan fingerprint density at radius 2 is 1.64 bits per heavy atom. The maximum atomic E-state index is 14.2. The minimum Gasteiger partial charge on any atom is -0.439 e. The summed E-state index contributed by atoms with van der Waals surface area (Å²) in [5, 5.41) is 5.31. The number of benzene rings is 3. The van der Waals surface area contributed by atoms with E-state index in [1.54, 1.807) is 41.4 Å². The predicted octanol–water partition coefficient (Wildman–Crippen LogP) is 6.47. The lowest BCUT2D eigenvalue weighted by atomic mass is 10.0. The van der Waals surface area contributed by atoms with Crippen molar-refractivity contribution in [3.05, 3.63) is 103 Å². The van der Waals surface area contributed by atoms with Crippen LogP contribution in [0, 0.1) is 5.82 Å². The van der Waals surface area contributed by atoms with Crippen molar-refractivity contribution in [1.29, 1.82) is 0 Å². The van der Waals surface area contributed by atoms with Gasteiger partial charge < -0.3 is 15.4 Å². The number of carbonyl (C=O) groups excluding carboxylic acids is 2. The van der Waals surface area contributed by atoms with Crippen molar-refractivity contribution in [1.82, 2.24) is 9.88 Å². The molecule has 0 bridgehead atoms. The second-order valence-corrected chi connectivity index (χ2v) is 12.8. The Kier molecular flexibility index (Phi) is 11.8. The molecule has 0 atom stereocenters. The molecule has 3 amide bonds. The summed E-state index contributed by atoms with van der Waals surface area (Å²) in [4.78, 5) is 33.6. The molecule has 1 aromatic heterocycles. The van der Waals surface area contributed by atoms with Crippen LogP contribution < -0.4 is 25.0 Å². The smallest absolute Gasteiger partial charge is 0.326 e. The summed E-state index contributed by atoms with van der Waals surface area (Å²) in [5.41, 5.74) is 2.58. The highest BCUT2D eigenvalue weighted by Gasteiger charge is 2.29. The van der Waals surface area contributed by atoms with Gasteiger partial charge in [0.25, 0.3) is 0 Å². The average Bonchev–Trinajstić information content (AvgIpc) is 3.01. The number of halogens is 2. The number of likely N-dealkylation sites (tertiary alicyclic amines) is 1. The maximum absolute atomic E-state index is 14.2. The Hall–Kier alpha value is -4.72. The van der Waals surface area contributed by atoms with Gasteiger partial charge in [0.1, 0.15) is 11.6 Å². The molecule has 5 rings (SSSR count). The van der Waals surface area contributed by atoms with E-state index in [9.17, 15) is 22.4 Å². The summed E-state index contributed by atoms with van der Waals surface area (Å²) in [7, 11) is -3.36. The van der Waals surface area contributed by atoms with Crippen LogP contribution in [-0.4, -0.2) is 55.6 Å². The number of carbonyl (C=O) groups is 2. The van der Waals surface area contributed by atoms with E-state index in [-0.39, 0.29) is 30.2 Å². The van der Waals surface area contributed by atoms with Crippen LogP contribution in [0.1, 0.15) is 25.3 Å². The number of piperidine rings is 1. The van der Waals surface area contributed by atoms with Crippen LogP contribution >= 0.6 is 12.4 Å². The van der Waals surface area contributed by atoms with Crippen LogP contribution in [0.15, 0.2) is 91.1 Å². The molecule has 1 fully saturated rings. The van der Waals surface area contributed by atoms with E-state index in [2.05, 4.69) is 25.2 Å². The van der Waals surface area contributed by atoms with Gasteiger partial charge in [-0.05, 0) is 73.0 Å². The summed E-state index contributed by atoms with van der Waals surface area (Å²) in [5.74, 6) is -0.0511. The molecule has 2 heterocycles. The average molecular weight is 683 g/mol. The highest BCUT2D eigenvalue weighted by molar-refractivity contribution is 7.92. The molecule has 3 N–H and O–H groups in total. The monoisotopic (exact) mass is 682 g/mol. The van der Waals surface area contributed by atoms with Gasteiger partial charge in [0, 0.05) is 61.9 Å².